The molecule has 2 fully saturated rings. The van der Waals surface area contributed by atoms with Gasteiger partial charge in [0.2, 0.25) is 0 Å². The van der Waals surface area contributed by atoms with E-state index in [1.165, 1.54) is 45.3 Å². The number of hydrogen-bond donors (Lipinski definition) is 1. The molecule has 0 saturated carbocycles. The van der Waals surface area contributed by atoms with Gasteiger partial charge in [-0.1, -0.05) is 0 Å². The maximum absolute atomic E-state index is 3.43. The lowest BCUT2D eigenvalue weighted by Crippen LogP contribution is -2.55. The van der Waals surface area contributed by atoms with Gasteiger partial charge in [-0.15, -0.1) is 0 Å². The predicted octanol–water partition coefficient (Wildman–Crippen LogP) is 1.15. The topological polar surface area (TPSA) is 18.5 Å². The first-order chi connectivity index (χ1) is 7.70. The molecule has 3 nitrogen and oxygen atoms in total. The van der Waals surface area contributed by atoms with Crippen LogP contribution in [0.15, 0.2) is 0 Å². The van der Waals surface area contributed by atoms with E-state index in [2.05, 4.69) is 36.1 Å². The molecule has 0 aromatic carbocycles. The van der Waals surface area contributed by atoms with Crippen LogP contribution in [-0.2, 0) is 0 Å². The van der Waals surface area contributed by atoms with Gasteiger partial charge in [0.1, 0.15) is 0 Å². The maximum Gasteiger partial charge on any atom is 0.0226 e. The van der Waals surface area contributed by atoms with Crippen molar-refractivity contribution in [2.45, 2.75) is 50.7 Å². The first-order valence-electron chi connectivity index (χ1n) is 6.82. The second-order valence-electron chi connectivity index (χ2n) is 5.66. The Labute approximate surface area is 100 Å². The fourth-order valence-electron chi connectivity index (χ4n) is 3.40. The third kappa shape index (κ3) is 2.76. The Morgan fingerprint density at radius 2 is 2.00 bits per heavy atom. The Bertz CT molecular complexity index is 219. The summed E-state index contributed by atoms with van der Waals surface area (Å²) in [6.45, 7) is 6.25. The second-order valence-corrected chi connectivity index (χ2v) is 5.66. The van der Waals surface area contributed by atoms with Crippen molar-refractivity contribution in [3.05, 3.63) is 0 Å². The molecule has 0 radical (unpaired) electrons. The van der Waals surface area contributed by atoms with E-state index >= 15 is 0 Å². The molecule has 0 aromatic rings. The van der Waals surface area contributed by atoms with Crippen LogP contribution in [0, 0.1) is 0 Å². The molecule has 0 aromatic heterocycles. The number of likely N-dealkylation sites (tertiary alicyclic amines) is 2. The van der Waals surface area contributed by atoms with Gasteiger partial charge in [0.15, 0.2) is 0 Å². The summed E-state index contributed by atoms with van der Waals surface area (Å²) in [5, 5.41) is 3.43. The predicted molar refractivity (Wildman–Crippen MR) is 68.8 cm³/mol. The van der Waals surface area contributed by atoms with Gasteiger partial charge in [-0.25, -0.2) is 0 Å². The molecule has 3 unspecified atom stereocenters. The number of hydrogen-bond acceptors (Lipinski definition) is 3. The minimum absolute atomic E-state index is 0.743. The molecule has 94 valence electrons. The van der Waals surface area contributed by atoms with Gasteiger partial charge in [0.25, 0.3) is 0 Å². The third-order valence-electron chi connectivity index (χ3n) is 4.40. The highest BCUT2D eigenvalue weighted by Crippen LogP contribution is 2.24. The molecule has 2 heterocycles. The summed E-state index contributed by atoms with van der Waals surface area (Å²) in [4.78, 5) is 5.24. The van der Waals surface area contributed by atoms with Crippen molar-refractivity contribution in [2.75, 3.05) is 33.7 Å². The zero-order valence-corrected chi connectivity index (χ0v) is 11.1. The van der Waals surface area contributed by atoms with Crippen LogP contribution >= 0.6 is 0 Å². The fourth-order valence-corrected chi connectivity index (χ4v) is 3.40. The monoisotopic (exact) mass is 225 g/mol. The van der Waals surface area contributed by atoms with E-state index in [1.807, 2.05) is 0 Å². The van der Waals surface area contributed by atoms with Crippen LogP contribution in [0.2, 0.25) is 0 Å². The first-order valence-corrected chi connectivity index (χ1v) is 6.82. The third-order valence-corrected chi connectivity index (χ3v) is 4.40. The Morgan fingerprint density at radius 3 is 2.62 bits per heavy atom. The van der Waals surface area contributed by atoms with E-state index in [1.54, 1.807) is 0 Å². The smallest absolute Gasteiger partial charge is 0.0226 e. The normalized spacial score (nSPS) is 38.8. The largest absolute Gasteiger partial charge is 0.317 e. The van der Waals surface area contributed by atoms with E-state index in [9.17, 15) is 0 Å². The lowest BCUT2D eigenvalue weighted by atomic mass is 9.94. The minimum Gasteiger partial charge on any atom is -0.317 e. The highest BCUT2D eigenvalue weighted by atomic mass is 15.2. The summed E-state index contributed by atoms with van der Waals surface area (Å²) in [7, 11) is 4.36. The number of likely N-dealkylation sites (N-methyl/N-ethyl adjacent to an activating group) is 1. The van der Waals surface area contributed by atoms with Crippen molar-refractivity contribution in [1.29, 1.82) is 0 Å². The Morgan fingerprint density at radius 1 is 1.19 bits per heavy atom. The Kier molecular flexibility index (Phi) is 4.22. The Balaban J connectivity index is 1.89. The van der Waals surface area contributed by atoms with Gasteiger partial charge < -0.3 is 10.2 Å². The molecule has 3 atom stereocenters. The number of piperidine rings is 2. The molecule has 0 aliphatic carbocycles. The van der Waals surface area contributed by atoms with Crippen molar-refractivity contribution in [1.82, 2.24) is 15.1 Å². The van der Waals surface area contributed by atoms with Crippen molar-refractivity contribution < 1.29 is 0 Å². The van der Waals surface area contributed by atoms with Crippen LogP contribution in [0.25, 0.3) is 0 Å². The molecule has 1 N–H and O–H groups in total. The van der Waals surface area contributed by atoms with Crippen molar-refractivity contribution >= 4 is 0 Å². The summed E-state index contributed by atoms with van der Waals surface area (Å²) in [6.07, 6.45) is 5.41. The van der Waals surface area contributed by atoms with Gasteiger partial charge in [-0.2, -0.15) is 0 Å². The SMILES string of the molecule is CNC1CCN(C2CCCN(C)C2)C(C)C1. The molecular weight excluding hydrogens is 198 g/mol. The van der Waals surface area contributed by atoms with Gasteiger partial charge in [0.05, 0.1) is 0 Å². The summed E-state index contributed by atoms with van der Waals surface area (Å²) >= 11 is 0. The zero-order chi connectivity index (χ0) is 11.5. The standard InChI is InChI=1S/C13H27N3/c1-11-9-12(14-2)6-8-16(11)13-5-4-7-15(3)10-13/h11-14H,4-10H2,1-3H3. The number of rotatable bonds is 2. The van der Waals surface area contributed by atoms with E-state index in [4.69, 9.17) is 0 Å². The van der Waals surface area contributed by atoms with Crippen LogP contribution in [0.1, 0.15) is 32.6 Å². The first kappa shape index (κ1) is 12.3. The zero-order valence-electron chi connectivity index (χ0n) is 11.1. The average molecular weight is 225 g/mol. The summed E-state index contributed by atoms with van der Waals surface area (Å²) in [6, 6.07) is 2.31. The molecule has 0 bridgehead atoms. The molecule has 16 heavy (non-hydrogen) atoms. The van der Waals surface area contributed by atoms with E-state index in [-0.39, 0.29) is 0 Å². The molecule has 0 spiro atoms. The molecule has 2 saturated heterocycles. The average Bonchev–Trinajstić information content (AvgIpc) is 2.28. The van der Waals surface area contributed by atoms with Gasteiger partial charge >= 0.3 is 0 Å². The molecule has 2 rings (SSSR count). The van der Waals surface area contributed by atoms with Crippen molar-refractivity contribution in [3.8, 4) is 0 Å². The second kappa shape index (κ2) is 5.48. The highest BCUT2D eigenvalue weighted by Gasteiger charge is 2.31. The quantitative estimate of drug-likeness (QED) is 0.760. The molecular formula is C13H27N3. The van der Waals surface area contributed by atoms with Gasteiger partial charge in [-0.05, 0) is 53.2 Å². The fraction of sp³-hybridized carbons (Fsp3) is 1.00. The van der Waals surface area contributed by atoms with Crippen molar-refractivity contribution in [2.24, 2.45) is 0 Å². The van der Waals surface area contributed by atoms with Gasteiger partial charge in [0, 0.05) is 31.2 Å². The molecule has 3 heteroatoms. The lowest BCUT2D eigenvalue weighted by Gasteiger charge is -2.45. The van der Waals surface area contributed by atoms with E-state index in [0.29, 0.717) is 0 Å². The van der Waals surface area contributed by atoms with Gasteiger partial charge in [-0.3, -0.25) is 4.90 Å². The molecule has 2 aliphatic rings. The lowest BCUT2D eigenvalue weighted by molar-refractivity contribution is 0.0483. The molecule has 0 amide bonds. The minimum atomic E-state index is 0.743. The number of nitrogens with one attached hydrogen (secondary N) is 1. The molecule has 2 aliphatic heterocycles. The number of nitrogens with zero attached hydrogens (tertiary/aromatic N) is 2. The van der Waals surface area contributed by atoms with Crippen LogP contribution in [0.5, 0.6) is 0 Å². The van der Waals surface area contributed by atoms with Crippen LogP contribution in [-0.4, -0.2) is 61.7 Å². The van der Waals surface area contributed by atoms with Crippen molar-refractivity contribution in [3.63, 3.8) is 0 Å². The van der Waals surface area contributed by atoms with E-state index in [0.717, 1.165) is 18.1 Å². The Hall–Kier alpha value is -0.120. The van der Waals surface area contributed by atoms with Crippen LogP contribution in [0.4, 0.5) is 0 Å². The van der Waals surface area contributed by atoms with Crippen LogP contribution in [0.3, 0.4) is 0 Å². The summed E-state index contributed by atoms with van der Waals surface area (Å²) in [5.41, 5.74) is 0. The summed E-state index contributed by atoms with van der Waals surface area (Å²) < 4.78 is 0. The maximum atomic E-state index is 3.43. The summed E-state index contributed by atoms with van der Waals surface area (Å²) in [5.74, 6) is 0. The highest BCUT2D eigenvalue weighted by molar-refractivity contribution is 4.88. The van der Waals surface area contributed by atoms with Crippen LogP contribution < -0.4 is 5.32 Å². The van der Waals surface area contributed by atoms with E-state index < -0.39 is 0 Å².